The van der Waals surface area contributed by atoms with E-state index >= 15 is 0 Å². The molecule has 0 saturated carbocycles. The SMILES string of the molecule is CCC(CC)(CC)NS(=O)(=O)c1ccc(CC(=O)O)cc1. The molecule has 0 aliphatic rings. The number of carboxylic acids is 1. The fraction of sp³-hybridized carbons (Fsp3) is 0.533. The van der Waals surface area contributed by atoms with E-state index in [0.29, 0.717) is 5.56 Å². The van der Waals surface area contributed by atoms with E-state index in [9.17, 15) is 13.2 Å². The molecule has 1 aromatic rings. The van der Waals surface area contributed by atoms with Crippen LogP contribution in [0.15, 0.2) is 29.2 Å². The topological polar surface area (TPSA) is 83.5 Å². The van der Waals surface area contributed by atoms with E-state index < -0.39 is 21.5 Å². The Kier molecular flexibility index (Phi) is 5.92. The minimum absolute atomic E-state index is 0.115. The number of aliphatic carboxylic acids is 1. The number of benzene rings is 1. The van der Waals surface area contributed by atoms with Crippen LogP contribution in [0, 0.1) is 0 Å². The van der Waals surface area contributed by atoms with E-state index in [1.807, 2.05) is 20.8 Å². The van der Waals surface area contributed by atoms with Crippen LogP contribution < -0.4 is 4.72 Å². The van der Waals surface area contributed by atoms with Crippen molar-refractivity contribution in [2.75, 3.05) is 0 Å². The van der Waals surface area contributed by atoms with E-state index in [0.717, 1.165) is 19.3 Å². The predicted octanol–water partition coefficient (Wildman–Crippen LogP) is 2.56. The second kappa shape index (κ2) is 7.04. The number of nitrogens with one attached hydrogen (secondary N) is 1. The van der Waals surface area contributed by atoms with Gasteiger partial charge in [0.25, 0.3) is 0 Å². The normalized spacial score (nSPS) is 12.3. The molecule has 5 nitrogen and oxygen atoms in total. The highest BCUT2D eigenvalue weighted by molar-refractivity contribution is 7.89. The third kappa shape index (κ3) is 4.54. The molecule has 1 aromatic carbocycles. The summed E-state index contributed by atoms with van der Waals surface area (Å²) in [6.45, 7) is 5.89. The summed E-state index contributed by atoms with van der Waals surface area (Å²) in [6.07, 6.45) is 2.04. The van der Waals surface area contributed by atoms with Crippen molar-refractivity contribution >= 4 is 16.0 Å². The molecular weight excluding hydrogens is 290 g/mol. The molecule has 2 N–H and O–H groups in total. The Bertz CT molecular complexity index is 566. The van der Waals surface area contributed by atoms with Crippen LogP contribution in [-0.4, -0.2) is 25.0 Å². The van der Waals surface area contributed by atoms with Crippen LogP contribution in [0.3, 0.4) is 0 Å². The first kappa shape index (κ1) is 17.7. The van der Waals surface area contributed by atoms with Crippen LogP contribution >= 0.6 is 0 Å². The van der Waals surface area contributed by atoms with E-state index in [4.69, 9.17) is 5.11 Å². The lowest BCUT2D eigenvalue weighted by Gasteiger charge is -2.31. The maximum atomic E-state index is 12.4. The second-order valence-electron chi connectivity index (χ2n) is 5.16. The quantitative estimate of drug-likeness (QED) is 0.772. The summed E-state index contributed by atoms with van der Waals surface area (Å²) < 4.78 is 27.6. The first-order valence-electron chi connectivity index (χ1n) is 7.13. The van der Waals surface area contributed by atoms with E-state index in [-0.39, 0.29) is 11.3 Å². The third-order valence-electron chi connectivity index (χ3n) is 3.97. The van der Waals surface area contributed by atoms with Gasteiger partial charge in [0, 0.05) is 5.54 Å². The maximum Gasteiger partial charge on any atom is 0.307 e. The first-order valence-corrected chi connectivity index (χ1v) is 8.61. The van der Waals surface area contributed by atoms with Gasteiger partial charge < -0.3 is 5.11 Å². The Hall–Kier alpha value is -1.40. The molecule has 0 heterocycles. The maximum absolute atomic E-state index is 12.4. The lowest BCUT2D eigenvalue weighted by atomic mass is 9.91. The smallest absolute Gasteiger partial charge is 0.307 e. The lowest BCUT2D eigenvalue weighted by Crippen LogP contribution is -2.46. The number of hydrogen-bond donors (Lipinski definition) is 2. The fourth-order valence-electron chi connectivity index (χ4n) is 2.27. The van der Waals surface area contributed by atoms with Gasteiger partial charge in [0.05, 0.1) is 11.3 Å². The van der Waals surface area contributed by atoms with Gasteiger partial charge in [-0.3, -0.25) is 4.79 Å². The van der Waals surface area contributed by atoms with Crippen LogP contribution in [0.2, 0.25) is 0 Å². The summed E-state index contributed by atoms with van der Waals surface area (Å²) in [4.78, 5) is 10.8. The molecular formula is C15H23NO4S. The van der Waals surface area contributed by atoms with Crippen LogP contribution in [-0.2, 0) is 21.2 Å². The van der Waals surface area contributed by atoms with Gasteiger partial charge in [0.2, 0.25) is 10.0 Å². The van der Waals surface area contributed by atoms with Crippen molar-refractivity contribution in [3.8, 4) is 0 Å². The van der Waals surface area contributed by atoms with E-state index in [1.165, 1.54) is 24.3 Å². The van der Waals surface area contributed by atoms with Crippen molar-refractivity contribution < 1.29 is 18.3 Å². The van der Waals surface area contributed by atoms with Crippen molar-refractivity contribution in [1.82, 2.24) is 4.72 Å². The molecule has 0 spiro atoms. The third-order valence-corrected chi connectivity index (χ3v) is 5.56. The largest absolute Gasteiger partial charge is 0.481 e. The number of sulfonamides is 1. The molecule has 0 aliphatic carbocycles. The number of carbonyl (C=O) groups is 1. The van der Waals surface area contributed by atoms with Crippen molar-refractivity contribution in [3.05, 3.63) is 29.8 Å². The van der Waals surface area contributed by atoms with E-state index in [1.54, 1.807) is 0 Å². The zero-order valence-electron chi connectivity index (χ0n) is 12.7. The van der Waals surface area contributed by atoms with Crippen molar-refractivity contribution in [3.63, 3.8) is 0 Å². The van der Waals surface area contributed by atoms with Crippen molar-refractivity contribution in [2.45, 2.75) is 56.9 Å². The molecule has 0 radical (unpaired) electrons. The molecule has 0 fully saturated rings. The Labute approximate surface area is 126 Å². The monoisotopic (exact) mass is 313 g/mol. The lowest BCUT2D eigenvalue weighted by molar-refractivity contribution is -0.136. The first-order chi connectivity index (χ1) is 9.78. The van der Waals surface area contributed by atoms with Crippen LogP contribution in [0.25, 0.3) is 0 Å². The van der Waals surface area contributed by atoms with Gasteiger partial charge in [0.15, 0.2) is 0 Å². The van der Waals surface area contributed by atoms with Gasteiger partial charge in [-0.15, -0.1) is 0 Å². The molecule has 0 amide bonds. The Morgan fingerprint density at radius 1 is 1.10 bits per heavy atom. The van der Waals surface area contributed by atoms with Crippen LogP contribution in [0.4, 0.5) is 0 Å². The Morgan fingerprint density at radius 2 is 1.57 bits per heavy atom. The van der Waals surface area contributed by atoms with Gasteiger partial charge in [-0.1, -0.05) is 32.9 Å². The van der Waals surface area contributed by atoms with Gasteiger partial charge >= 0.3 is 5.97 Å². The summed E-state index contributed by atoms with van der Waals surface area (Å²) in [5, 5.41) is 8.71. The summed E-state index contributed by atoms with van der Waals surface area (Å²) in [7, 11) is -3.60. The van der Waals surface area contributed by atoms with Crippen molar-refractivity contribution in [2.24, 2.45) is 0 Å². The second-order valence-corrected chi connectivity index (χ2v) is 6.84. The molecule has 0 aromatic heterocycles. The summed E-state index contributed by atoms with van der Waals surface area (Å²) >= 11 is 0. The molecule has 1 rings (SSSR count). The molecule has 21 heavy (non-hydrogen) atoms. The molecule has 6 heteroatoms. The Morgan fingerprint density at radius 3 is 1.95 bits per heavy atom. The van der Waals surface area contributed by atoms with E-state index in [2.05, 4.69) is 4.72 Å². The molecule has 0 atom stereocenters. The highest BCUT2D eigenvalue weighted by Gasteiger charge is 2.30. The van der Waals surface area contributed by atoms with Crippen molar-refractivity contribution in [1.29, 1.82) is 0 Å². The molecule has 118 valence electrons. The average molecular weight is 313 g/mol. The average Bonchev–Trinajstić information content (AvgIpc) is 2.45. The van der Waals surface area contributed by atoms with Gasteiger partial charge in [0.1, 0.15) is 0 Å². The summed E-state index contributed by atoms with van der Waals surface area (Å²) in [6, 6.07) is 5.97. The molecule has 0 bridgehead atoms. The highest BCUT2D eigenvalue weighted by atomic mass is 32.2. The van der Waals surface area contributed by atoms with Crippen LogP contribution in [0.1, 0.15) is 45.6 Å². The zero-order valence-corrected chi connectivity index (χ0v) is 13.5. The Balaban J connectivity index is 3.00. The predicted molar refractivity (Wildman–Crippen MR) is 81.7 cm³/mol. The molecule has 0 unspecified atom stereocenters. The number of hydrogen-bond acceptors (Lipinski definition) is 3. The minimum atomic E-state index is -3.60. The summed E-state index contributed by atoms with van der Waals surface area (Å²) in [5.74, 6) is -0.939. The minimum Gasteiger partial charge on any atom is -0.481 e. The standard InChI is InChI=1S/C15H23NO4S/c1-4-15(5-2,6-3)16-21(19,20)13-9-7-12(8-10-13)11-14(17)18/h7-10,16H,4-6,11H2,1-3H3,(H,17,18). The fourth-order valence-corrected chi connectivity index (χ4v) is 3.89. The molecule has 0 aliphatic heterocycles. The van der Waals surface area contributed by atoms with Gasteiger partial charge in [-0.05, 0) is 37.0 Å². The van der Waals surface area contributed by atoms with Gasteiger partial charge in [-0.2, -0.15) is 0 Å². The van der Waals surface area contributed by atoms with Crippen LogP contribution in [0.5, 0.6) is 0 Å². The zero-order chi connectivity index (χ0) is 16.1. The number of rotatable bonds is 8. The summed E-state index contributed by atoms with van der Waals surface area (Å²) in [5.41, 5.74) is 0.146. The molecule has 0 saturated heterocycles. The number of carboxylic acid groups (broad SMARTS) is 1. The highest BCUT2D eigenvalue weighted by Crippen LogP contribution is 2.23. The van der Waals surface area contributed by atoms with Gasteiger partial charge in [-0.25, -0.2) is 13.1 Å².